The van der Waals surface area contributed by atoms with E-state index in [4.69, 9.17) is 0 Å². The highest BCUT2D eigenvalue weighted by atomic mass is 32.1. The van der Waals surface area contributed by atoms with Crippen LogP contribution in [0.1, 0.15) is 38.1 Å². The third-order valence-electron chi connectivity index (χ3n) is 8.54. The van der Waals surface area contributed by atoms with Crippen molar-refractivity contribution in [2.24, 2.45) is 5.92 Å². The first-order chi connectivity index (χ1) is 19.8. The van der Waals surface area contributed by atoms with E-state index >= 15 is 0 Å². The van der Waals surface area contributed by atoms with E-state index < -0.39 is 34.1 Å². The molecule has 0 radical (unpaired) electrons. The molecule has 3 aliphatic rings. The molecule has 0 unspecified atom stereocenters. The molecular formula is C32H23N3O5S. The number of allylic oxidation sites excluding steroid dienone is 1. The van der Waals surface area contributed by atoms with Crippen molar-refractivity contribution in [2.45, 2.75) is 24.4 Å². The van der Waals surface area contributed by atoms with Crippen LogP contribution in [0, 0.1) is 16.0 Å². The Balaban J connectivity index is 1.55. The molecule has 3 aromatic carbocycles. The number of benzene rings is 3. The molecule has 1 aromatic heterocycles. The Morgan fingerprint density at radius 2 is 1.76 bits per heavy atom. The first kappa shape index (κ1) is 25.1. The molecule has 3 aliphatic heterocycles. The first-order valence-electron chi connectivity index (χ1n) is 13.2. The Labute approximate surface area is 239 Å². The summed E-state index contributed by atoms with van der Waals surface area (Å²) < 4.78 is 0. The fourth-order valence-electron chi connectivity index (χ4n) is 6.90. The lowest BCUT2D eigenvalue weighted by atomic mass is 9.64. The van der Waals surface area contributed by atoms with Crippen LogP contribution in [0.2, 0.25) is 0 Å². The van der Waals surface area contributed by atoms with Crippen LogP contribution in [0.4, 0.5) is 17.1 Å². The van der Waals surface area contributed by atoms with Crippen LogP contribution < -0.4 is 10.2 Å². The van der Waals surface area contributed by atoms with Crippen molar-refractivity contribution < 1.29 is 19.3 Å². The van der Waals surface area contributed by atoms with Crippen LogP contribution in [0.5, 0.6) is 0 Å². The van der Waals surface area contributed by atoms with Gasteiger partial charge >= 0.3 is 0 Å². The van der Waals surface area contributed by atoms with Crippen molar-refractivity contribution in [1.29, 1.82) is 0 Å². The summed E-state index contributed by atoms with van der Waals surface area (Å²) in [6.07, 6.45) is 1.99. The van der Waals surface area contributed by atoms with E-state index in [1.54, 1.807) is 23.6 Å². The van der Waals surface area contributed by atoms with E-state index in [0.717, 1.165) is 16.8 Å². The summed E-state index contributed by atoms with van der Waals surface area (Å²) in [5, 5.41) is 16.4. The number of amides is 1. The number of rotatable bonds is 5. The van der Waals surface area contributed by atoms with Gasteiger partial charge in [-0.05, 0) is 41.6 Å². The van der Waals surface area contributed by atoms with Gasteiger partial charge in [-0.25, -0.2) is 0 Å². The summed E-state index contributed by atoms with van der Waals surface area (Å²) in [5.41, 5.74) is 2.21. The van der Waals surface area contributed by atoms with Crippen LogP contribution in [0.3, 0.4) is 0 Å². The number of carbonyl (C=O) groups excluding carboxylic acids is 3. The molecule has 8 nitrogen and oxygen atoms in total. The number of anilines is 2. The molecule has 0 bridgehead atoms. The number of nitrogens with one attached hydrogen (secondary N) is 1. The Hall–Kier alpha value is -4.89. The van der Waals surface area contributed by atoms with E-state index in [-0.39, 0.29) is 22.9 Å². The Morgan fingerprint density at radius 1 is 0.976 bits per heavy atom. The largest absolute Gasteiger partial charge is 0.352 e. The SMILES string of the molecule is CC1=C[C@@H]2N(c3ccccc31)[C@@H](C(=O)c1cccs1)[C@@H](C(=O)c1cccc([N+](=O)[O-])c1)[C@]21C(=O)Nc2ccccc21. The second-order valence-electron chi connectivity index (χ2n) is 10.5. The highest BCUT2D eigenvalue weighted by molar-refractivity contribution is 7.12. The van der Waals surface area contributed by atoms with Gasteiger partial charge in [-0.15, -0.1) is 11.3 Å². The lowest BCUT2D eigenvalue weighted by Crippen LogP contribution is -2.51. The maximum absolute atomic E-state index is 14.8. The van der Waals surface area contributed by atoms with E-state index in [1.165, 1.54) is 35.6 Å². The molecule has 1 fully saturated rings. The standard InChI is InChI=1S/C32H23N3O5S/c1-18-16-26-32(22-11-3-4-12-23(22)33-31(32)38)27(29(36)19-8-6-9-20(17-19)35(39)40)28(30(37)25-14-7-15-41-25)34(26)24-13-5-2-10-21(18)24/h2-17,26-28H,1H3,(H,33,38)/t26-,27-,28+,32+/m0/s1. The molecule has 9 heteroatoms. The second kappa shape index (κ2) is 9.07. The molecule has 4 heterocycles. The maximum Gasteiger partial charge on any atom is 0.270 e. The summed E-state index contributed by atoms with van der Waals surface area (Å²) in [7, 11) is 0. The fourth-order valence-corrected chi connectivity index (χ4v) is 7.60. The second-order valence-corrected chi connectivity index (χ2v) is 11.5. The molecule has 1 spiro atoms. The Morgan fingerprint density at radius 3 is 2.54 bits per heavy atom. The number of non-ortho nitro benzene ring substituents is 1. The highest BCUT2D eigenvalue weighted by Gasteiger charge is 2.70. The van der Waals surface area contributed by atoms with Crippen LogP contribution in [-0.4, -0.2) is 34.5 Å². The number of hydrogen-bond donors (Lipinski definition) is 1. The van der Waals surface area contributed by atoms with Crippen LogP contribution in [0.15, 0.2) is 96.4 Å². The summed E-state index contributed by atoms with van der Waals surface area (Å²) in [4.78, 5) is 57.1. The van der Waals surface area contributed by atoms with Gasteiger partial charge in [0, 0.05) is 34.6 Å². The van der Waals surface area contributed by atoms with Crippen LogP contribution in [0.25, 0.3) is 5.57 Å². The predicted molar refractivity (Wildman–Crippen MR) is 156 cm³/mol. The zero-order valence-corrected chi connectivity index (χ0v) is 22.6. The zero-order valence-electron chi connectivity index (χ0n) is 21.8. The number of fused-ring (bicyclic) bond motifs is 6. The van der Waals surface area contributed by atoms with E-state index in [9.17, 15) is 24.5 Å². The molecule has 0 saturated carbocycles. The summed E-state index contributed by atoms with van der Waals surface area (Å²) in [5.74, 6) is -2.32. The molecule has 0 aliphatic carbocycles. The number of thiophene rings is 1. The molecule has 4 atom stereocenters. The predicted octanol–water partition coefficient (Wildman–Crippen LogP) is 5.90. The van der Waals surface area contributed by atoms with Crippen molar-refractivity contribution >= 4 is 51.4 Å². The van der Waals surface area contributed by atoms with E-state index in [2.05, 4.69) is 5.32 Å². The molecule has 7 rings (SSSR count). The molecule has 1 amide bonds. The normalized spacial score (nSPS) is 23.8. The highest BCUT2D eigenvalue weighted by Crippen LogP contribution is 2.59. The first-order valence-corrected chi connectivity index (χ1v) is 14.1. The third-order valence-corrected chi connectivity index (χ3v) is 9.42. The van der Waals surface area contributed by atoms with Crippen molar-refractivity contribution in [3.05, 3.63) is 128 Å². The van der Waals surface area contributed by atoms with Gasteiger partial charge in [0.1, 0.15) is 11.5 Å². The van der Waals surface area contributed by atoms with Crippen molar-refractivity contribution in [1.82, 2.24) is 0 Å². The monoisotopic (exact) mass is 561 g/mol. The number of Topliss-reactive ketones (excluding diaryl/α,β-unsaturated/α-hetero) is 2. The quantitative estimate of drug-likeness (QED) is 0.185. The fraction of sp³-hybridized carbons (Fsp3) is 0.156. The number of nitrogens with zero attached hydrogens (tertiary/aromatic N) is 2. The Bertz CT molecular complexity index is 1810. The van der Waals surface area contributed by atoms with Crippen molar-refractivity contribution in [3.63, 3.8) is 0 Å². The van der Waals surface area contributed by atoms with Gasteiger partial charge in [0.05, 0.1) is 21.8 Å². The van der Waals surface area contributed by atoms with Gasteiger partial charge < -0.3 is 10.2 Å². The minimum Gasteiger partial charge on any atom is -0.352 e. The minimum atomic E-state index is -1.47. The van der Waals surface area contributed by atoms with E-state index in [1.807, 2.05) is 60.4 Å². The summed E-state index contributed by atoms with van der Waals surface area (Å²) >= 11 is 1.28. The van der Waals surface area contributed by atoms with Crippen LogP contribution >= 0.6 is 11.3 Å². The number of nitro groups is 1. The maximum atomic E-state index is 14.8. The average molecular weight is 562 g/mol. The lowest BCUT2D eigenvalue weighted by molar-refractivity contribution is -0.384. The van der Waals surface area contributed by atoms with Gasteiger partial charge in [-0.3, -0.25) is 24.5 Å². The topological polar surface area (TPSA) is 110 Å². The van der Waals surface area contributed by atoms with Gasteiger partial charge in [0.25, 0.3) is 5.69 Å². The molecule has 1 saturated heterocycles. The number of hydrogen-bond acceptors (Lipinski definition) is 7. The van der Waals surface area contributed by atoms with E-state index in [0.29, 0.717) is 16.1 Å². The summed E-state index contributed by atoms with van der Waals surface area (Å²) in [6.45, 7) is 1.97. The molecule has 41 heavy (non-hydrogen) atoms. The molecular weight excluding hydrogens is 538 g/mol. The third kappa shape index (κ3) is 3.42. The lowest BCUT2D eigenvalue weighted by Gasteiger charge is -2.39. The number of nitro benzene ring substituents is 1. The van der Waals surface area contributed by atoms with Gasteiger partial charge in [-0.1, -0.05) is 60.7 Å². The van der Waals surface area contributed by atoms with Crippen LogP contribution in [-0.2, 0) is 10.2 Å². The number of carbonyl (C=O) groups is 3. The van der Waals surface area contributed by atoms with Crippen molar-refractivity contribution in [2.75, 3.05) is 10.2 Å². The van der Waals surface area contributed by atoms with Gasteiger partial charge in [0.2, 0.25) is 5.91 Å². The molecule has 202 valence electrons. The molecule has 4 aromatic rings. The number of para-hydroxylation sites is 2. The Kier molecular flexibility index (Phi) is 5.55. The minimum absolute atomic E-state index is 0.0820. The number of ketones is 2. The average Bonchev–Trinajstić information content (AvgIpc) is 3.70. The molecule has 1 N–H and O–H groups in total. The summed E-state index contributed by atoms with van der Waals surface area (Å²) in [6, 6.07) is 22.3. The zero-order chi connectivity index (χ0) is 28.5. The van der Waals surface area contributed by atoms with Gasteiger partial charge in [0.15, 0.2) is 11.6 Å². The van der Waals surface area contributed by atoms with Crippen molar-refractivity contribution in [3.8, 4) is 0 Å². The smallest absolute Gasteiger partial charge is 0.270 e. The van der Waals surface area contributed by atoms with Gasteiger partial charge in [-0.2, -0.15) is 0 Å².